The second kappa shape index (κ2) is 4.09. The van der Waals surface area contributed by atoms with Gasteiger partial charge >= 0.3 is 5.82 Å². The lowest BCUT2D eigenvalue weighted by atomic mass is 9.88. The molecule has 0 saturated carbocycles. The molecule has 0 radical (unpaired) electrons. The van der Waals surface area contributed by atoms with Gasteiger partial charge in [-0.2, -0.15) is 0 Å². The van der Waals surface area contributed by atoms with Gasteiger partial charge in [0.25, 0.3) is 0 Å². The second-order valence-electron chi connectivity index (χ2n) is 4.63. The number of imidazole rings is 1. The Morgan fingerprint density at radius 1 is 1.67 bits per heavy atom. The van der Waals surface area contributed by atoms with Crippen LogP contribution in [0, 0.1) is 16.0 Å². The lowest BCUT2D eigenvalue weighted by molar-refractivity contribution is -0.391. The third-order valence-electron chi connectivity index (χ3n) is 3.60. The Morgan fingerprint density at radius 3 is 3.22 bits per heavy atom. The minimum atomic E-state index is -0.427. The van der Waals surface area contributed by atoms with E-state index in [0.717, 1.165) is 25.0 Å². The molecule has 2 heterocycles. The maximum absolute atomic E-state index is 10.8. The van der Waals surface area contributed by atoms with Gasteiger partial charge in [0.1, 0.15) is 18.0 Å². The van der Waals surface area contributed by atoms with Crippen molar-refractivity contribution < 1.29 is 9.76 Å². The smallest absolute Gasteiger partial charge is 0.342 e. The van der Waals surface area contributed by atoms with E-state index in [1.54, 1.807) is 7.05 Å². The van der Waals surface area contributed by atoms with Crippen LogP contribution in [0.2, 0.25) is 0 Å². The lowest BCUT2D eigenvalue weighted by Gasteiger charge is -2.17. The number of nitrogens with one attached hydrogen (secondary N) is 1. The normalized spacial score (nSPS) is 26.4. The Bertz CT molecular complexity index is 522. The molecule has 1 saturated heterocycles. The maximum Gasteiger partial charge on any atom is 0.342 e. The van der Waals surface area contributed by atoms with Crippen molar-refractivity contribution in [2.75, 3.05) is 0 Å². The molecular formula is C11H14N4O3. The van der Waals surface area contributed by atoms with Gasteiger partial charge in [0.05, 0.1) is 7.05 Å². The summed E-state index contributed by atoms with van der Waals surface area (Å²) in [5.41, 5.74) is 2.93. The van der Waals surface area contributed by atoms with Gasteiger partial charge < -0.3 is 15.0 Å². The maximum atomic E-state index is 10.8. The molecule has 96 valence electrons. The van der Waals surface area contributed by atoms with Crippen molar-refractivity contribution >= 4 is 5.82 Å². The summed E-state index contributed by atoms with van der Waals surface area (Å²) in [5.74, 6) is 1.83. The van der Waals surface area contributed by atoms with E-state index in [4.69, 9.17) is 4.84 Å². The van der Waals surface area contributed by atoms with Crippen LogP contribution in [0.1, 0.15) is 31.1 Å². The first-order chi connectivity index (χ1) is 8.68. The first kappa shape index (κ1) is 11.2. The summed E-state index contributed by atoms with van der Waals surface area (Å²) < 4.78 is 1.51. The molecule has 7 nitrogen and oxygen atoms in total. The number of hydroxylamine groups is 1. The molecule has 1 aliphatic heterocycles. The Kier molecular flexibility index (Phi) is 2.55. The van der Waals surface area contributed by atoms with E-state index in [9.17, 15) is 10.1 Å². The van der Waals surface area contributed by atoms with Crippen LogP contribution in [0.4, 0.5) is 5.82 Å². The Hall–Kier alpha value is -1.89. The molecule has 2 unspecified atom stereocenters. The minimum Gasteiger partial charge on any atom is -0.412 e. The van der Waals surface area contributed by atoms with Crippen LogP contribution < -0.4 is 5.48 Å². The van der Waals surface area contributed by atoms with Crippen molar-refractivity contribution in [1.82, 2.24) is 15.0 Å². The van der Waals surface area contributed by atoms with Crippen molar-refractivity contribution in [2.24, 2.45) is 13.0 Å². The predicted molar refractivity (Wildman–Crippen MR) is 62.2 cm³/mol. The molecule has 1 aromatic rings. The predicted octanol–water partition coefficient (Wildman–Crippen LogP) is 1.59. The van der Waals surface area contributed by atoms with Gasteiger partial charge in [0.2, 0.25) is 5.82 Å². The van der Waals surface area contributed by atoms with E-state index >= 15 is 0 Å². The average molecular weight is 250 g/mol. The van der Waals surface area contributed by atoms with E-state index in [1.807, 2.05) is 0 Å². The Morgan fingerprint density at radius 2 is 2.50 bits per heavy atom. The molecular weight excluding hydrogens is 236 g/mol. The number of nitrogens with zero attached hydrogens (tertiary/aromatic N) is 3. The monoisotopic (exact) mass is 250 g/mol. The fourth-order valence-electron chi connectivity index (χ4n) is 2.64. The van der Waals surface area contributed by atoms with Crippen LogP contribution in [-0.4, -0.2) is 14.5 Å². The van der Waals surface area contributed by atoms with Crippen molar-refractivity contribution in [3.8, 4) is 0 Å². The molecule has 0 aromatic carbocycles. The van der Waals surface area contributed by atoms with Crippen LogP contribution in [0.25, 0.3) is 0 Å². The third kappa shape index (κ3) is 1.59. The minimum absolute atomic E-state index is 0.0000361. The quantitative estimate of drug-likeness (QED) is 0.636. The van der Waals surface area contributed by atoms with Crippen molar-refractivity contribution in [2.45, 2.75) is 25.3 Å². The number of fused-ring (bicyclic) bond motifs is 1. The first-order valence-electron chi connectivity index (χ1n) is 5.97. The summed E-state index contributed by atoms with van der Waals surface area (Å²) in [6.07, 6.45) is 6.54. The highest BCUT2D eigenvalue weighted by Crippen LogP contribution is 2.40. The molecule has 2 aliphatic rings. The third-order valence-corrected chi connectivity index (χ3v) is 3.60. The zero-order chi connectivity index (χ0) is 12.7. The second-order valence-corrected chi connectivity index (χ2v) is 4.63. The van der Waals surface area contributed by atoms with Crippen LogP contribution in [0.15, 0.2) is 18.0 Å². The number of hydrogen-bond donors (Lipinski definition) is 1. The van der Waals surface area contributed by atoms with E-state index in [-0.39, 0.29) is 17.8 Å². The number of hydrogen-bond acceptors (Lipinski definition) is 5. The highest BCUT2D eigenvalue weighted by molar-refractivity contribution is 5.23. The zero-order valence-electron chi connectivity index (χ0n) is 10.00. The standard InChI is InChI=1S/C11H14N4O3/c1-14-9(15(16)17)6-12-11(14)10-7-4-2-3-5-8(7)18-13-10/h5-7,10,13H,2-4H2,1H3. The van der Waals surface area contributed by atoms with Gasteiger partial charge in [-0.1, -0.05) is 0 Å². The van der Waals surface area contributed by atoms with Gasteiger partial charge in [-0.25, -0.2) is 9.55 Å². The van der Waals surface area contributed by atoms with Gasteiger partial charge in [-0.15, -0.1) is 5.48 Å². The van der Waals surface area contributed by atoms with Gasteiger partial charge in [0, 0.05) is 5.92 Å². The van der Waals surface area contributed by atoms with Crippen molar-refractivity contribution in [3.63, 3.8) is 0 Å². The fourth-order valence-corrected chi connectivity index (χ4v) is 2.64. The molecule has 3 rings (SSSR count). The number of aromatic nitrogens is 2. The van der Waals surface area contributed by atoms with Crippen LogP contribution in [-0.2, 0) is 11.9 Å². The van der Waals surface area contributed by atoms with Crippen LogP contribution in [0.5, 0.6) is 0 Å². The summed E-state index contributed by atoms with van der Waals surface area (Å²) in [6.45, 7) is 0. The molecule has 2 atom stereocenters. The summed E-state index contributed by atoms with van der Waals surface area (Å²) in [5, 5.41) is 10.8. The van der Waals surface area contributed by atoms with E-state index in [0.29, 0.717) is 5.82 Å². The van der Waals surface area contributed by atoms with E-state index in [2.05, 4.69) is 16.5 Å². The summed E-state index contributed by atoms with van der Waals surface area (Å²) in [4.78, 5) is 20.0. The van der Waals surface area contributed by atoms with Crippen LogP contribution >= 0.6 is 0 Å². The summed E-state index contributed by atoms with van der Waals surface area (Å²) in [7, 11) is 1.66. The summed E-state index contributed by atoms with van der Waals surface area (Å²) in [6, 6.07) is -0.102. The highest BCUT2D eigenvalue weighted by Gasteiger charge is 2.40. The topological polar surface area (TPSA) is 82.2 Å². The first-order valence-corrected chi connectivity index (χ1v) is 5.97. The fraction of sp³-hybridized carbons (Fsp3) is 0.545. The van der Waals surface area contributed by atoms with Crippen molar-refractivity contribution in [1.29, 1.82) is 0 Å². The van der Waals surface area contributed by atoms with Crippen LogP contribution in [0.3, 0.4) is 0 Å². The van der Waals surface area contributed by atoms with E-state index < -0.39 is 4.92 Å². The molecule has 0 bridgehead atoms. The Balaban J connectivity index is 1.94. The molecule has 18 heavy (non-hydrogen) atoms. The number of rotatable bonds is 2. The zero-order valence-corrected chi connectivity index (χ0v) is 10.00. The highest BCUT2D eigenvalue weighted by atomic mass is 16.7. The number of allylic oxidation sites excluding steroid dienone is 1. The molecule has 1 N–H and O–H groups in total. The molecule has 1 aromatic heterocycles. The number of nitro groups is 1. The largest absolute Gasteiger partial charge is 0.412 e. The lowest BCUT2D eigenvalue weighted by Crippen LogP contribution is -2.22. The van der Waals surface area contributed by atoms with Gasteiger partial charge in [-0.3, -0.25) is 0 Å². The molecule has 7 heteroatoms. The van der Waals surface area contributed by atoms with Crippen molar-refractivity contribution in [3.05, 3.63) is 34.0 Å². The van der Waals surface area contributed by atoms with Gasteiger partial charge in [0.15, 0.2) is 0 Å². The van der Waals surface area contributed by atoms with Gasteiger partial charge in [-0.05, 0) is 30.3 Å². The van der Waals surface area contributed by atoms with E-state index in [1.165, 1.54) is 10.8 Å². The Labute approximate surface area is 104 Å². The SMILES string of the molecule is Cn1c([N+](=O)[O-])cnc1C1NOC2=CCCCC21. The molecule has 1 fully saturated rings. The molecule has 0 spiro atoms. The molecule has 0 amide bonds. The summed E-state index contributed by atoms with van der Waals surface area (Å²) >= 11 is 0. The molecule has 1 aliphatic carbocycles. The average Bonchev–Trinajstić information content (AvgIpc) is 2.92.